The normalized spacial score (nSPS) is 17.1. The molecule has 0 amide bonds. The van der Waals surface area contributed by atoms with Gasteiger partial charge in [0.1, 0.15) is 3.42 Å². The molecule has 0 aliphatic rings. The molecule has 0 radical (unpaired) electrons. The van der Waals surface area contributed by atoms with Crippen molar-refractivity contribution in [3.63, 3.8) is 0 Å². The summed E-state index contributed by atoms with van der Waals surface area (Å²) in [6.45, 7) is 1.59. The number of ether oxygens (including phenoxy) is 1. The first-order chi connectivity index (χ1) is 9.44. The zero-order valence-corrected chi connectivity index (χ0v) is 13.2. The molecule has 0 saturated heterocycles. The second-order valence-corrected chi connectivity index (χ2v) is 6.83. The first kappa shape index (κ1) is 21.6. The van der Waals surface area contributed by atoms with Crippen molar-refractivity contribution >= 4 is 28.6 Å². The van der Waals surface area contributed by atoms with Crippen molar-refractivity contribution in [3.8, 4) is 0 Å². The molecule has 0 bridgehead atoms. The molecule has 0 heterocycles. The van der Waals surface area contributed by atoms with E-state index in [1.165, 1.54) is 6.92 Å². The first-order valence-electron chi connectivity index (χ1n) is 5.50. The Bertz CT molecular complexity index is 417. The number of hydrogen-bond donors (Lipinski definition) is 0. The Kier molecular flexibility index (Phi) is 6.10. The van der Waals surface area contributed by atoms with E-state index in [0.717, 1.165) is 22.6 Å². The minimum Gasteiger partial charge on any atom is -0.465 e. The van der Waals surface area contributed by atoms with Gasteiger partial charge in [0.25, 0.3) is 0 Å². The molecule has 12 heteroatoms. The van der Waals surface area contributed by atoms with Crippen LogP contribution in [0.1, 0.15) is 20.3 Å². The van der Waals surface area contributed by atoms with Gasteiger partial charge in [-0.3, -0.25) is 4.79 Å². The molecule has 0 aliphatic carbocycles. The van der Waals surface area contributed by atoms with Gasteiger partial charge < -0.3 is 4.74 Å². The average molecular weight is 460 g/mol. The van der Waals surface area contributed by atoms with E-state index in [1.54, 1.807) is 0 Å². The lowest BCUT2D eigenvalue weighted by Crippen LogP contribution is -2.62. The van der Waals surface area contributed by atoms with Gasteiger partial charge in [-0.15, -0.1) is 0 Å². The smallest absolute Gasteiger partial charge is 0.460 e. The monoisotopic (exact) mass is 460 g/mol. The Labute approximate surface area is 132 Å². The fourth-order valence-electron chi connectivity index (χ4n) is 1.29. The van der Waals surface area contributed by atoms with Crippen LogP contribution in [0, 0.1) is 0 Å². The van der Waals surface area contributed by atoms with Gasteiger partial charge in [-0.25, -0.2) is 0 Å². The molecule has 0 aliphatic heterocycles. The van der Waals surface area contributed by atoms with Crippen molar-refractivity contribution in [1.29, 1.82) is 0 Å². The van der Waals surface area contributed by atoms with Crippen LogP contribution < -0.4 is 0 Å². The highest BCUT2D eigenvalue weighted by Crippen LogP contribution is 2.55. The second-order valence-electron chi connectivity index (χ2n) is 4.45. The summed E-state index contributed by atoms with van der Waals surface area (Å²) in [5.41, 5.74) is 0. The van der Waals surface area contributed by atoms with Gasteiger partial charge in [0.05, 0.1) is 6.61 Å². The predicted molar refractivity (Wildman–Crippen MR) is 64.6 cm³/mol. The molecule has 0 aromatic rings. The van der Waals surface area contributed by atoms with E-state index in [1.807, 2.05) is 0 Å². The molecular formula is C10H10F9IO2. The number of rotatable bonds is 6. The van der Waals surface area contributed by atoms with Crippen molar-refractivity contribution in [2.45, 2.75) is 47.6 Å². The maximum Gasteiger partial charge on any atom is 0.460 e. The Morgan fingerprint density at radius 1 is 0.955 bits per heavy atom. The van der Waals surface area contributed by atoms with Crippen LogP contribution in [0.3, 0.4) is 0 Å². The zero-order chi connectivity index (χ0) is 18.2. The molecule has 0 spiro atoms. The van der Waals surface area contributed by atoms with Crippen molar-refractivity contribution in [2.75, 3.05) is 6.61 Å². The van der Waals surface area contributed by atoms with Crippen molar-refractivity contribution < 1.29 is 49.0 Å². The van der Waals surface area contributed by atoms with E-state index in [9.17, 15) is 44.3 Å². The molecule has 0 saturated carbocycles. The van der Waals surface area contributed by atoms with Crippen LogP contribution in [0.4, 0.5) is 39.5 Å². The highest BCUT2D eigenvalue weighted by molar-refractivity contribution is 14.1. The number of halogens is 10. The van der Waals surface area contributed by atoms with Crippen LogP contribution >= 0.6 is 22.6 Å². The molecule has 1 atom stereocenters. The molecule has 0 rings (SSSR count). The van der Waals surface area contributed by atoms with E-state index in [2.05, 4.69) is 4.74 Å². The maximum atomic E-state index is 13.4. The van der Waals surface area contributed by atoms with Gasteiger partial charge in [-0.2, -0.15) is 39.5 Å². The molecule has 0 N–H and O–H groups in total. The molecule has 0 aromatic heterocycles. The molecule has 2 nitrogen and oxygen atoms in total. The van der Waals surface area contributed by atoms with E-state index >= 15 is 0 Å². The number of hydrogen-bond acceptors (Lipinski definition) is 2. The Morgan fingerprint density at radius 2 is 1.36 bits per heavy atom. The highest BCUT2D eigenvalue weighted by Gasteiger charge is 2.82. The van der Waals surface area contributed by atoms with E-state index in [0.29, 0.717) is 6.92 Å². The van der Waals surface area contributed by atoms with Gasteiger partial charge in [0.15, 0.2) is 0 Å². The topological polar surface area (TPSA) is 26.3 Å². The molecular weight excluding hydrogens is 450 g/mol. The van der Waals surface area contributed by atoms with E-state index < -0.39 is 39.8 Å². The minimum absolute atomic E-state index is 0.321. The van der Waals surface area contributed by atoms with Crippen LogP contribution in [-0.2, 0) is 9.53 Å². The van der Waals surface area contributed by atoms with Crippen LogP contribution in [0.2, 0.25) is 0 Å². The molecule has 132 valence electrons. The average Bonchev–Trinajstić information content (AvgIpc) is 2.25. The fourth-order valence-corrected chi connectivity index (χ4v) is 1.92. The lowest BCUT2D eigenvalue weighted by molar-refractivity contribution is -0.397. The quantitative estimate of drug-likeness (QED) is 0.251. The van der Waals surface area contributed by atoms with Crippen LogP contribution in [-0.4, -0.2) is 39.9 Å². The fraction of sp³-hybridized carbons (Fsp3) is 0.900. The molecule has 0 fully saturated rings. The first-order valence-corrected chi connectivity index (χ1v) is 6.58. The summed E-state index contributed by atoms with van der Waals surface area (Å²) in [6.07, 6.45) is -9.15. The van der Waals surface area contributed by atoms with Crippen LogP contribution in [0.5, 0.6) is 0 Å². The largest absolute Gasteiger partial charge is 0.465 e. The molecule has 0 aromatic carbocycles. The Hall–Kier alpha value is -0.430. The number of carbonyl (C=O) groups is 1. The van der Waals surface area contributed by atoms with Gasteiger partial charge >= 0.3 is 29.9 Å². The van der Waals surface area contributed by atoms with Crippen molar-refractivity contribution in [3.05, 3.63) is 0 Å². The number of carbonyl (C=O) groups excluding carboxylic acids is 1. The summed E-state index contributed by atoms with van der Waals surface area (Å²) in [6, 6.07) is 0. The maximum absolute atomic E-state index is 13.4. The second kappa shape index (κ2) is 6.23. The Morgan fingerprint density at radius 3 is 1.68 bits per heavy atom. The number of alkyl halides is 10. The van der Waals surface area contributed by atoms with Crippen LogP contribution in [0.25, 0.3) is 0 Å². The molecule has 1 unspecified atom stereocenters. The third kappa shape index (κ3) is 3.91. The van der Waals surface area contributed by atoms with E-state index in [4.69, 9.17) is 0 Å². The summed E-state index contributed by atoms with van der Waals surface area (Å²) in [4.78, 5) is 11.3. The lowest BCUT2D eigenvalue weighted by Gasteiger charge is -2.36. The SMILES string of the molecule is CCOC(=O)C(C)(I)CC(F)(F)C(F)(F)C(F)(F)C(F)(F)F. The van der Waals surface area contributed by atoms with Crippen LogP contribution in [0.15, 0.2) is 0 Å². The van der Waals surface area contributed by atoms with Gasteiger partial charge in [-0.05, 0) is 13.8 Å². The lowest BCUT2D eigenvalue weighted by atomic mass is 9.94. The Balaban J connectivity index is 5.60. The van der Waals surface area contributed by atoms with Crippen molar-refractivity contribution in [1.82, 2.24) is 0 Å². The van der Waals surface area contributed by atoms with Gasteiger partial charge in [-0.1, -0.05) is 22.6 Å². The van der Waals surface area contributed by atoms with Crippen molar-refractivity contribution in [2.24, 2.45) is 0 Å². The summed E-state index contributed by atoms with van der Waals surface area (Å²) in [5.74, 6) is -21.0. The minimum atomic E-state index is -6.97. The third-order valence-electron chi connectivity index (χ3n) is 2.46. The number of esters is 1. The summed E-state index contributed by atoms with van der Waals surface area (Å²) in [5, 5.41) is 0. The molecule has 22 heavy (non-hydrogen) atoms. The predicted octanol–water partition coefficient (Wildman–Crippen LogP) is 4.60. The summed E-state index contributed by atoms with van der Waals surface area (Å²) >= 11 is 0.925. The van der Waals surface area contributed by atoms with Gasteiger partial charge in [0, 0.05) is 6.42 Å². The van der Waals surface area contributed by atoms with Gasteiger partial charge in [0.2, 0.25) is 0 Å². The zero-order valence-electron chi connectivity index (χ0n) is 11.0. The van der Waals surface area contributed by atoms with E-state index in [-0.39, 0.29) is 6.61 Å². The highest BCUT2D eigenvalue weighted by atomic mass is 127. The summed E-state index contributed by atoms with van der Waals surface area (Å²) < 4.78 is 116. The standard InChI is InChI=1S/C10H10F9IO2/c1-3-22-5(21)6(2,20)4-7(11,12)8(13,14)9(15,16)10(17,18)19/h3-4H2,1-2H3. The summed E-state index contributed by atoms with van der Waals surface area (Å²) in [7, 11) is 0. The third-order valence-corrected chi connectivity index (χ3v) is 3.29.